The molecule has 8 nitrogen and oxygen atoms in total. The lowest BCUT2D eigenvalue weighted by Crippen LogP contribution is -2.61. The molecule has 0 bridgehead atoms. The largest absolute Gasteiger partial charge is 0.311 e. The Balaban J connectivity index is 0.705. The molecule has 552 valence electrons. The summed E-state index contributed by atoms with van der Waals surface area (Å²) in [4.78, 5) is 17.3. The standard InChI is InChI=1S/C108H74B2N8/c1-9-37-77(38-10-1)111(78-39-11-2-12-40-78)87-55-31-56-88(71-87)112(79-41-13-3-14-42-79)89-67-68-93-104(72-89)118(102-66-34-63-99-107(102)109(93)91-57-25-27-59-95(91)114(99)81-45-17-5-18-46-81)86-54-30-36-76(70-86)75-35-29-53-85(69-75)113(80-43-15-4-16-44-80)97-61-32-62-98-106(97)90-73-94-105(74-103(90)116(98)83-49-21-7-22-50-83)117(84-51-23-8-24-52-84)101-65-33-64-100-108(101)110(94)92-58-26-28-60-96(92)115(100)82-47-19-6-20-48-82/h1-74H. The number of nitrogens with zero attached hydrogens (tertiary/aromatic N) is 8. The van der Waals surface area contributed by atoms with Gasteiger partial charge in [0.25, 0.3) is 13.4 Å². The number of hydrogen-bond acceptors (Lipinski definition) is 7. The fraction of sp³-hybridized carbons (Fsp3) is 0. The Kier molecular flexibility index (Phi) is 16.3. The summed E-state index contributed by atoms with van der Waals surface area (Å²) in [6.45, 7) is -0.189. The Labute approximate surface area is 687 Å². The van der Waals surface area contributed by atoms with Crippen LogP contribution in [0.4, 0.5) is 119 Å². The van der Waals surface area contributed by atoms with Crippen molar-refractivity contribution in [2.24, 2.45) is 0 Å². The molecule has 23 rings (SSSR count). The van der Waals surface area contributed by atoms with E-state index in [1.165, 1.54) is 60.9 Å². The summed E-state index contributed by atoms with van der Waals surface area (Å²) >= 11 is 0. The molecule has 0 saturated carbocycles. The van der Waals surface area contributed by atoms with E-state index in [0.717, 1.165) is 130 Å². The van der Waals surface area contributed by atoms with Gasteiger partial charge >= 0.3 is 0 Å². The molecule has 4 aliphatic heterocycles. The lowest BCUT2D eigenvalue weighted by molar-refractivity contribution is 1.18. The first kappa shape index (κ1) is 68.1. The van der Waals surface area contributed by atoms with E-state index in [1.807, 2.05) is 0 Å². The van der Waals surface area contributed by atoms with Gasteiger partial charge in [0, 0.05) is 130 Å². The van der Waals surface area contributed by atoms with Gasteiger partial charge in [0.15, 0.2) is 0 Å². The first-order valence-corrected chi connectivity index (χ1v) is 40.6. The van der Waals surface area contributed by atoms with Gasteiger partial charge in [-0.15, -0.1) is 0 Å². The number of anilines is 21. The zero-order valence-corrected chi connectivity index (χ0v) is 64.5. The minimum Gasteiger partial charge on any atom is -0.311 e. The number of hydrogen-bond donors (Lipinski definition) is 0. The fourth-order valence-electron chi connectivity index (χ4n) is 19.4. The van der Waals surface area contributed by atoms with Crippen molar-refractivity contribution in [2.45, 2.75) is 0 Å². The normalized spacial score (nSPS) is 12.6. The van der Waals surface area contributed by atoms with E-state index in [0.29, 0.717) is 0 Å². The summed E-state index contributed by atoms with van der Waals surface area (Å²) in [7, 11) is 0. The van der Waals surface area contributed by atoms with Gasteiger partial charge in [-0.1, -0.05) is 243 Å². The van der Waals surface area contributed by atoms with E-state index in [1.54, 1.807) is 0 Å². The van der Waals surface area contributed by atoms with Crippen LogP contribution in [0.2, 0.25) is 0 Å². The molecule has 18 aromatic carbocycles. The van der Waals surface area contributed by atoms with Crippen molar-refractivity contribution >= 4 is 187 Å². The van der Waals surface area contributed by atoms with Gasteiger partial charge in [-0.05, 0) is 250 Å². The summed E-state index contributed by atoms with van der Waals surface area (Å²) in [5.41, 5.74) is 36.1. The number of para-hydroxylation sites is 10. The highest BCUT2D eigenvalue weighted by molar-refractivity contribution is 7.01. The minimum atomic E-state index is -0.0962. The van der Waals surface area contributed by atoms with Gasteiger partial charge in [-0.2, -0.15) is 0 Å². The van der Waals surface area contributed by atoms with Gasteiger partial charge in [0.05, 0.1) is 16.7 Å². The van der Waals surface area contributed by atoms with Crippen LogP contribution in [0.15, 0.2) is 449 Å². The maximum atomic E-state index is 2.56. The van der Waals surface area contributed by atoms with Crippen LogP contribution in [0.5, 0.6) is 0 Å². The van der Waals surface area contributed by atoms with Crippen molar-refractivity contribution in [1.82, 2.24) is 4.57 Å². The zero-order chi connectivity index (χ0) is 77.7. The Bertz CT molecular complexity index is 7020. The molecule has 0 N–H and O–H groups in total. The van der Waals surface area contributed by atoms with Crippen LogP contribution >= 0.6 is 0 Å². The molecule has 0 aliphatic carbocycles. The average molecular weight is 1510 g/mol. The van der Waals surface area contributed by atoms with Crippen LogP contribution in [0.25, 0.3) is 38.6 Å². The second kappa shape index (κ2) is 28.2. The van der Waals surface area contributed by atoms with Gasteiger partial charge < -0.3 is 38.9 Å². The van der Waals surface area contributed by atoms with Gasteiger partial charge in [-0.3, -0.25) is 0 Å². The summed E-state index contributed by atoms with van der Waals surface area (Å²) in [5, 5.41) is 2.32. The third-order valence-electron chi connectivity index (χ3n) is 24.2. The van der Waals surface area contributed by atoms with Crippen molar-refractivity contribution < 1.29 is 0 Å². The number of benzene rings is 18. The number of fused-ring (bicyclic) bond motifs is 11. The monoisotopic (exact) mass is 1500 g/mol. The van der Waals surface area contributed by atoms with Crippen molar-refractivity contribution in [3.63, 3.8) is 0 Å². The predicted molar refractivity (Wildman–Crippen MR) is 498 cm³/mol. The Morgan fingerprint density at radius 2 is 0.525 bits per heavy atom. The SMILES string of the molecule is c1ccc(N(c2ccccc2)c2cccc(N(c3ccccc3)c3ccc4c(c3)N(c3cccc(-c5cccc(N(c6ccccc6)c6cccc7c6c6cc8c(cc6n7-c6ccccc6)N(c6ccccc6)c6cccc7c6B8c6ccccc6N7c6ccccc6)c5)c3)c3cccc5c3B4c3ccccc3N5c3ccccc3)c2)cc1. The molecule has 0 spiro atoms. The van der Waals surface area contributed by atoms with E-state index >= 15 is 0 Å². The molecule has 10 heteroatoms. The van der Waals surface area contributed by atoms with E-state index in [9.17, 15) is 0 Å². The topological polar surface area (TPSA) is 27.6 Å². The van der Waals surface area contributed by atoms with Crippen molar-refractivity contribution in [3.05, 3.63) is 449 Å². The highest BCUT2D eigenvalue weighted by Gasteiger charge is 2.46. The molecular formula is C108H74B2N8. The Morgan fingerprint density at radius 3 is 1.04 bits per heavy atom. The number of rotatable bonds is 15. The molecule has 19 aromatic rings. The molecule has 0 amide bonds. The first-order chi connectivity index (χ1) is 58.6. The van der Waals surface area contributed by atoms with Gasteiger partial charge in [0.2, 0.25) is 0 Å². The molecule has 0 saturated heterocycles. The van der Waals surface area contributed by atoms with Crippen LogP contribution in [0.3, 0.4) is 0 Å². The zero-order valence-electron chi connectivity index (χ0n) is 64.5. The van der Waals surface area contributed by atoms with Crippen molar-refractivity contribution in [2.75, 3.05) is 34.3 Å². The second-order valence-corrected chi connectivity index (χ2v) is 30.7. The molecule has 118 heavy (non-hydrogen) atoms. The van der Waals surface area contributed by atoms with Gasteiger partial charge in [-0.25, -0.2) is 0 Å². The van der Waals surface area contributed by atoms with E-state index in [2.05, 4.69) is 488 Å². The van der Waals surface area contributed by atoms with E-state index in [-0.39, 0.29) is 13.4 Å². The predicted octanol–water partition coefficient (Wildman–Crippen LogP) is 25.0. The molecule has 0 fully saturated rings. The molecule has 0 radical (unpaired) electrons. The van der Waals surface area contributed by atoms with Crippen molar-refractivity contribution in [1.29, 1.82) is 0 Å². The maximum absolute atomic E-state index is 2.56. The smallest absolute Gasteiger partial charge is 0.252 e. The highest BCUT2D eigenvalue weighted by Crippen LogP contribution is 2.52. The third kappa shape index (κ3) is 11.1. The average Bonchev–Trinajstić information content (AvgIpc) is 1.14. The molecular weight excluding hydrogens is 1430 g/mol. The van der Waals surface area contributed by atoms with Crippen molar-refractivity contribution in [3.8, 4) is 16.8 Å². The summed E-state index contributed by atoms with van der Waals surface area (Å²) < 4.78 is 2.50. The Hall–Kier alpha value is -15.5. The molecule has 0 unspecified atom stereocenters. The first-order valence-electron chi connectivity index (χ1n) is 40.6. The highest BCUT2D eigenvalue weighted by atomic mass is 15.2. The second-order valence-electron chi connectivity index (χ2n) is 30.7. The molecule has 5 heterocycles. The van der Waals surface area contributed by atoms with E-state index < -0.39 is 0 Å². The summed E-state index contributed by atoms with van der Waals surface area (Å²) in [6, 6.07) is 165. The fourth-order valence-corrected chi connectivity index (χ4v) is 19.4. The Morgan fingerprint density at radius 1 is 0.186 bits per heavy atom. The lowest BCUT2D eigenvalue weighted by Gasteiger charge is -2.44. The van der Waals surface area contributed by atoms with Gasteiger partial charge in [0.1, 0.15) is 0 Å². The molecule has 1 aromatic heterocycles. The minimum absolute atomic E-state index is 0.0923. The lowest BCUT2D eigenvalue weighted by atomic mass is 9.33. The van der Waals surface area contributed by atoms with Crippen LogP contribution in [-0.4, -0.2) is 18.0 Å². The van der Waals surface area contributed by atoms with Crippen LogP contribution in [-0.2, 0) is 0 Å². The summed E-state index contributed by atoms with van der Waals surface area (Å²) in [5.74, 6) is 0. The number of aromatic nitrogens is 1. The molecule has 0 atom stereocenters. The van der Waals surface area contributed by atoms with Crippen LogP contribution < -0.4 is 67.1 Å². The van der Waals surface area contributed by atoms with E-state index in [4.69, 9.17) is 0 Å². The third-order valence-corrected chi connectivity index (χ3v) is 24.2. The molecule has 4 aliphatic rings. The summed E-state index contributed by atoms with van der Waals surface area (Å²) in [6.07, 6.45) is 0. The quantitative estimate of drug-likeness (QED) is 0.0945. The van der Waals surface area contributed by atoms with Crippen LogP contribution in [0, 0.1) is 0 Å². The van der Waals surface area contributed by atoms with Crippen LogP contribution in [0.1, 0.15) is 0 Å². The maximum Gasteiger partial charge on any atom is 0.252 e.